The topological polar surface area (TPSA) is 75.4 Å². The van der Waals surface area contributed by atoms with Gasteiger partial charge < -0.3 is 16.0 Å². The molecule has 0 amide bonds. The number of nitrogens with one attached hydrogen (secondary N) is 1. The van der Waals surface area contributed by atoms with E-state index in [0.717, 1.165) is 38.2 Å². The summed E-state index contributed by atoms with van der Waals surface area (Å²) >= 11 is 0. The van der Waals surface area contributed by atoms with Gasteiger partial charge in [0.15, 0.2) is 9.84 Å². The predicted octanol–water partition coefficient (Wildman–Crippen LogP) is 1.96. The maximum Gasteiger partial charge on any atom is 0.177 e. The molecule has 6 heteroatoms. The van der Waals surface area contributed by atoms with Crippen LogP contribution in [0.15, 0.2) is 23.1 Å². The van der Waals surface area contributed by atoms with Gasteiger partial charge in [0, 0.05) is 25.4 Å². The Morgan fingerprint density at radius 2 is 2.00 bits per heavy atom. The van der Waals surface area contributed by atoms with E-state index < -0.39 is 9.84 Å². The number of nitrogens with two attached hydrogens (primary N) is 1. The average Bonchev–Trinajstić information content (AvgIpc) is 2.42. The van der Waals surface area contributed by atoms with Crippen molar-refractivity contribution in [3.63, 3.8) is 0 Å². The van der Waals surface area contributed by atoms with Crippen LogP contribution in [0.2, 0.25) is 0 Å². The third-order valence-electron chi connectivity index (χ3n) is 3.95. The van der Waals surface area contributed by atoms with E-state index in [9.17, 15) is 8.42 Å². The number of piperidine rings is 1. The zero-order valence-electron chi connectivity index (χ0n) is 12.8. The highest BCUT2D eigenvalue weighted by Gasteiger charge is 2.20. The van der Waals surface area contributed by atoms with Crippen LogP contribution in [-0.2, 0) is 9.84 Å². The molecule has 1 fully saturated rings. The molecule has 0 unspecified atom stereocenters. The summed E-state index contributed by atoms with van der Waals surface area (Å²) in [4.78, 5) is 2.67. The molecule has 0 spiro atoms. The molecule has 0 saturated carbocycles. The molecule has 1 saturated heterocycles. The van der Waals surface area contributed by atoms with Gasteiger partial charge in [-0.15, -0.1) is 0 Å². The van der Waals surface area contributed by atoms with Gasteiger partial charge in [-0.25, -0.2) is 8.42 Å². The van der Waals surface area contributed by atoms with Gasteiger partial charge in [0.1, 0.15) is 0 Å². The zero-order chi connectivity index (χ0) is 15.5. The summed E-state index contributed by atoms with van der Waals surface area (Å²) < 4.78 is 23.4. The van der Waals surface area contributed by atoms with Crippen molar-refractivity contribution in [3.05, 3.63) is 18.2 Å². The third-order valence-corrected chi connectivity index (χ3v) is 5.11. The number of rotatable bonds is 5. The Balaban J connectivity index is 2.05. The molecule has 2 rings (SSSR count). The molecule has 5 nitrogen and oxygen atoms in total. The standard InChI is InChI=1S/C15H25N3O2S/c1-3-9-18-10-7-12(8-11-18)17-13-5-4-6-14(15(13)16)21(2,19)20/h4-6,12,17H,3,7-11,16H2,1-2H3. The fraction of sp³-hybridized carbons (Fsp3) is 0.600. The molecule has 1 aliphatic rings. The van der Waals surface area contributed by atoms with Crippen LogP contribution in [0.1, 0.15) is 26.2 Å². The number of para-hydroxylation sites is 1. The molecule has 1 aromatic carbocycles. The predicted molar refractivity (Wildman–Crippen MR) is 87.3 cm³/mol. The first-order valence-electron chi connectivity index (χ1n) is 7.49. The molecule has 1 aliphatic heterocycles. The van der Waals surface area contributed by atoms with Crippen molar-refractivity contribution in [1.29, 1.82) is 0 Å². The summed E-state index contributed by atoms with van der Waals surface area (Å²) in [5.74, 6) is 0. The Morgan fingerprint density at radius 3 is 2.57 bits per heavy atom. The van der Waals surface area contributed by atoms with E-state index >= 15 is 0 Å². The van der Waals surface area contributed by atoms with Gasteiger partial charge >= 0.3 is 0 Å². The van der Waals surface area contributed by atoms with Crippen molar-refractivity contribution in [2.45, 2.75) is 37.1 Å². The molecular formula is C15H25N3O2S. The Labute approximate surface area is 127 Å². The van der Waals surface area contributed by atoms with Gasteiger partial charge in [0.05, 0.1) is 16.3 Å². The summed E-state index contributed by atoms with van der Waals surface area (Å²) in [5.41, 5.74) is 7.07. The molecule has 3 N–H and O–H groups in total. The van der Waals surface area contributed by atoms with Crippen molar-refractivity contribution in [2.24, 2.45) is 0 Å². The van der Waals surface area contributed by atoms with Crippen molar-refractivity contribution < 1.29 is 8.42 Å². The summed E-state index contributed by atoms with van der Waals surface area (Å²) in [7, 11) is -3.29. The van der Waals surface area contributed by atoms with E-state index in [4.69, 9.17) is 5.73 Å². The quantitative estimate of drug-likeness (QED) is 0.813. The van der Waals surface area contributed by atoms with Crippen LogP contribution in [-0.4, -0.2) is 45.2 Å². The molecule has 1 heterocycles. The van der Waals surface area contributed by atoms with Gasteiger partial charge in [-0.2, -0.15) is 0 Å². The van der Waals surface area contributed by atoms with Gasteiger partial charge in [-0.3, -0.25) is 0 Å². The van der Waals surface area contributed by atoms with Crippen LogP contribution in [0.25, 0.3) is 0 Å². The van der Waals surface area contributed by atoms with Crippen molar-refractivity contribution in [1.82, 2.24) is 4.90 Å². The average molecular weight is 311 g/mol. The number of nitrogen functional groups attached to an aromatic ring is 1. The number of sulfone groups is 1. The molecule has 0 bridgehead atoms. The maximum absolute atomic E-state index is 11.7. The van der Waals surface area contributed by atoms with Gasteiger partial charge in [-0.05, 0) is 37.9 Å². The second-order valence-electron chi connectivity index (χ2n) is 5.75. The fourth-order valence-electron chi connectivity index (χ4n) is 2.83. The Kier molecular flexibility index (Phi) is 5.11. The highest BCUT2D eigenvalue weighted by Crippen LogP contribution is 2.28. The number of benzene rings is 1. The summed E-state index contributed by atoms with van der Waals surface area (Å²) in [6, 6.07) is 5.50. The van der Waals surface area contributed by atoms with Crippen LogP contribution in [0, 0.1) is 0 Å². The Morgan fingerprint density at radius 1 is 1.33 bits per heavy atom. The second kappa shape index (κ2) is 6.66. The number of hydrogen-bond donors (Lipinski definition) is 2. The second-order valence-corrected chi connectivity index (χ2v) is 7.73. The van der Waals surface area contributed by atoms with Crippen LogP contribution in [0.5, 0.6) is 0 Å². The first-order valence-corrected chi connectivity index (χ1v) is 9.38. The largest absolute Gasteiger partial charge is 0.396 e. The van der Waals surface area contributed by atoms with Crippen LogP contribution < -0.4 is 11.1 Å². The monoisotopic (exact) mass is 311 g/mol. The highest BCUT2D eigenvalue weighted by molar-refractivity contribution is 7.90. The minimum Gasteiger partial charge on any atom is -0.396 e. The molecular weight excluding hydrogens is 286 g/mol. The third kappa shape index (κ3) is 4.11. The van der Waals surface area contributed by atoms with Crippen molar-refractivity contribution in [2.75, 3.05) is 36.9 Å². The SMILES string of the molecule is CCCN1CCC(Nc2cccc(S(C)(=O)=O)c2N)CC1. The fourth-order valence-corrected chi connectivity index (χ4v) is 3.67. The van der Waals surface area contributed by atoms with Crippen LogP contribution in [0.3, 0.4) is 0 Å². The smallest absolute Gasteiger partial charge is 0.177 e. The van der Waals surface area contributed by atoms with E-state index in [0.29, 0.717) is 11.7 Å². The van der Waals surface area contributed by atoms with Gasteiger partial charge in [0.2, 0.25) is 0 Å². The lowest BCUT2D eigenvalue weighted by atomic mass is 10.0. The lowest BCUT2D eigenvalue weighted by Crippen LogP contribution is -2.39. The number of nitrogens with zero attached hydrogens (tertiary/aromatic N) is 1. The van der Waals surface area contributed by atoms with Crippen molar-refractivity contribution in [3.8, 4) is 0 Å². The van der Waals surface area contributed by atoms with E-state index in [1.54, 1.807) is 12.1 Å². The molecule has 0 aliphatic carbocycles. The molecule has 21 heavy (non-hydrogen) atoms. The van der Waals surface area contributed by atoms with Gasteiger partial charge in [0.25, 0.3) is 0 Å². The maximum atomic E-state index is 11.7. The highest BCUT2D eigenvalue weighted by atomic mass is 32.2. The van der Waals surface area contributed by atoms with Crippen LogP contribution in [0.4, 0.5) is 11.4 Å². The molecule has 118 valence electrons. The minimum atomic E-state index is -3.29. The Bertz CT molecular complexity index is 579. The van der Waals surface area contributed by atoms with E-state index in [1.165, 1.54) is 12.7 Å². The minimum absolute atomic E-state index is 0.205. The lowest BCUT2D eigenvalue weighted by molar-refractivity contribution is 0.219. The number of likely N-dealkylation sites (tertiary alicyclic amines) is 1. The van der Waals surface area contributed by atoms with Crippen molar-refractivity contribution >= 4 is 21.2 Å². The molecule has 0 radical (unpaired) electrons. The first-order chi connectivity index (χ1) is 9.91. The van der Waals surface area contributed by atoms with E-state index in [2.05, 4.69) is 17.1 Å². The zero-order valence-corrected chi connectivity index (χ0v) is 13.6. The Hall–Kier alpha value is -1.27. The first kappa shape index (κ1) is 16.1. The summed E-state index contributed by atoms with van der Waals surface area (Å²) in [5, 5.41) is 3.41. The number of anilines is 2. The lowest BCUT2D eigenvalue weighted by Gasteiger charge is -2.33. The number of hydrogen-bond acceptors (Lipinski definition) is 5. The van der Waals surface area contributed by atoms with E-state index in [-0.39, 0.29) is 4.90 Å². The molecule has 0 atom stereocenters. The van der Waals surface area contributed by atoms with Crippen LogP contribution >= 0.6 is 0 Å². The van der Waals surface area contributed by atoms with Gasteiger partial charge in [-0.1, -0.05) is 13.0 Å². The summed E-state index contributed by atoms with van der Waals surface area (Å²) in [6.07, 6.45) is 4.48. The molecule has 0 aromatic heterocycles. The van der Waals surface area contributed by atoms with E-state index in [1.807, 2.05) is 6.07 Å². The summed E-state index contributed by atoms with van der Waals surface area (Å²) in [6.45, 7) is 5.51. The normalized spacial score (nSPS) is 17.8. The molecule has 1 aromatic rings.